The van der Waals surface area contributed by atoms with Gasteiger partial charge < -0.3 is 10.1 Å². The number of rotatable bonds is 5. The van der Waals surface area contributed by atoms with Crippen molar-refractivity contribution < 1.29 is 9.53 Å². The van der Waals surface area contributed by atoms with E-state index in [9.17, 15) is 4.79 Å². The van der Waals surface area contributed by atoms with Crippen molar-refractivity contribution in [2.75, 3.05) is 12.4 Å². The van der Waals surface area contributed by atoms with Gasteiger partial charge in [0.05, 0.1) is 36.3 Å². The summed E-state index contributed by atoms with van der Waals surface area (Å²) in [6, 6.07) is 14.2. The lowest BCUT2D eigenvalue weighted by atomic mass is 9.96. The fraction of sp³-hybridized carbons (Fsp3) is 0.318. The van der Waals surface area contributed by atoms with E-state index in [0.717, 1.165) is 29.9 Å². The van der Waals surface area contributed by atoms with Gasteiger partial charge in [-0.25, -0.2) is 9.48 Å². The minimum absolute atomic E-state index is 0.354. The van der Waals surface area contributed by atoms with Crippen LogP contribution < -0.4 is 5.32 Å². The number of nitrogens with zero attached hydrogens (tertiary/aromatic N) is 3. The molecule has 3 aromatic rings. The molecular formula is C22H24N4O2. The molecule has 1 N–H and O–H groups in total. The molecule has 6 heteroatoms. The number of benzene rings is 1. The number of esters is 1. The summed E-state index contributed by atoms with van der Waals surface area (Å²) in [4.78, 5) is 16.3. The summed E-state index contributed by atoms with van der Waals surface area (Å²) >= 11 is 0. The highest BCUT2D eigenvalue weighted by Crippen LogP contribution is 2.34. The second-order valence-corrected chi connectivity index (χ2v) is 7.06. The van der Waals surface area contributed by atoms with Crippen molar-refractivity contribution >= 4 is 17.5 Å². The molecule has 0 radical (unpaired) electrons. The molecule has 0 unspecified atom stereocenters. The highest BCUT2D eigenvalue weighted by molar-refractivity contribution is 5.96. The Morgan fingerprint density at radius 3 is 2.68 bits per heavy atom. The van der Waals surface area contributed by atoms with E-state index in [1.54, 1.807) is 18.5 Å². The number of hydrogen-bond donors (Lipinski definition) is 1. The summed E-state index contributed by atoms with van der Waals surface area (Å²) in [7, 11) is 1.38. The monoisotopic (exact) mass is 376 g/mol. The Morgan fingerprint density at radius 1 is 1.14 bits per heavy atom. The summed E-state index contributed by atoms with van der Waals surface area (Å²) in [5.74, 6) is 0.473. The predicted octanol–water partition coefficient (Wildman–Crippen LogP) is 4.98. The van der Waals surface area contributed by atoms with Gasteiger partial charge in [-0.2, -0.15) is 5.10 Å². The number of ether oxygens (including phenoxy) is 1. The van der Waals surface area contributed by atoms with Crippen molar-refractivity contribution in [1.29, 1.82) is 0 Å². The highest BCUT2D eigenvalue weighted by atomic mass is 16.5. The number of hydrogen-bond acceptors (Lipinski definition) is 5. The zero-order valence-corrected chi connectivity index (χ0v) is 16.0. The molecule has 1 aromatic carbocycles. The lowest BCUT2D eigenvalue weighted by molar-refractivity contribution is 0.0602. The van der Waals surface area contributed by atoms with E-state index in [4.69, 9.17) is 9.84 Å². The lowest BCUT2D eigenvalue weighted by Gasteiger charge is -2.24. The van der Waals surface area contributed by atoms with Crippen LogP contribution in [0.3, 0.4) is 0 Å². The number of anilines is 2. The number of carbonyl (C=O) groups excluding carboxylic acids is 1. The molecule has 0 spiro atoms. The van der Waals surface area contributed by atoms with Crippen LogP contribution in [0.5, 0.6) is 0 Å². The van der Waals surface area contributed by atoms with Gasteiger partial charge in [0.2, 0.25) is 0 Å². The van der Waals surface area contributed by atoms with Gasteiger partial charge in [-0.1, -0.05) is 49.6 Å². The molecule has 1 saturated carbocycles. The van der Waals surface area contributed by atoms with Crippen LogP contribution in [0.25, 0.3) is 11.3 Å². The highest BCUT2D eigenvalue weighted by Gasteiger charge is 2.22. The molecule has 0 atom stereocenters. The van der Waals surface area contributed by atoms with E-state index in [1.807, 2.05) is 24.3 Å². The summed E-state index contributed by atoms with van der Waals surface area (Å²) in [5, 5.41) is 8.29. The van der Waals surface area contributed by atoms with Crippen LogP contribution in [0.4, 0.5) is 11.5 Å². The van der Waals surface area contributed by atoms with E-state index < -0.39 is 5.97 Å². The molecule has 6 nitrogen and oxygen atoms in total. The molecule has 2 heterocycles. The van der Waals surface area contributed by atoms with Crippen LogP contribution in [0, 0.1) is 0 Å². The molecule has 1 aliphatic rings. The van der Waals surface area contributed by atoms with Gasteiger partial charge in [0.15, 0.2) is 0 Å². The number of carbonyl (C=O) groups is 1. The molecule has 2 aromatic heterocycles. The third-order valence-electron chi connectivity index (χ3n) is 5.21. The van der Waals surface area contributed by atoms with Crippen LogP contribution in [-0.4, -0.2) is 27.8 Å². The van der Waals surface area contributed by atoms with Gasteiger partial charge in [-0.05, 0) is 18.9 Å². The van der Waals surface area contributed by atoms with Gasteiger partial charge in [0.25, 0.3) is 0 Å². The Balaban J connectivity index is 1.73. The van der Waals surface area contributed by atoms with Gasteiger partial charge in [0.1, 0.15) is 5.82 Å². The molecule has 144 valence electrons. The normalized spacial score (nSPS) is 14.6. The first-order valence-electron chi connectivity index (χ1n) is 9.70. The zero-order chi connectivity index (χ0) is 19.3. The van der Waals surface area contributed by atoms with Crippen molar-refractivity contribution in [3.8, 4) is 11.3 Å². The fourth-order valence-corrected chi connectivity index (χ4v) is 3.76. The molecule has 4 rings (SSSR count). The van der Waals surface area contributed by atoms with Crippen LogP contribution in [0.1, 0.15) is 48.5 Å². The number of pyridine rings is 1. The first kappa shape index (κ1) is 18.2. The largest absolute Gasteiger partial charge is 0.465 e. The van der Waals surface area contributed by atoms with Crippen LogP contribution in [0.15, 0.2) is 54.9 Å². The van der Waals surface area contributed by atoms with Crippen LogP contribution in [-0.2, 0) is 4.74 Å². The average Bonchev–Trinajstić information content (AvgIpc) is 3.18. The van der Waals surface area contributed by atoms with E-state index in [1.165, 1.54) is 26.4 Å². The number of nitrogens with one attached hydrogen (secondary N) is 1. The second kappa shape index (κ2) is 8.25. The molecular weight excluding hydrogens is 352 g/mol. The smallest absolute Gasteiger partial charge is 0.340 e. The third kappa shape index (κ3) is 3.76. The third-order valence-corrected chi connectivity index (χ3v) is 5.21. The summed E-state index contributed by atoms with van der Waals surface area (Å²) < 4.78 is 6.99. The molecule has 0 bridgehead atoms. The Kier molecular flexibility index (Phi) is 5.37. The van der Waals surface area contributed by atoms with Gasteiger partial charge in [-0.15, -0.1) is 0 Å². The SMILES string of the molecule is COC(=O)c1ccncc1Nc1cc(-c2ccccc2)nn1C1CCCCC1. The fourth-order valence-electron chi connectivity index (χ4n) is 3.76. The number of methoxy groups -OCH3 is 1. The van der Waals surface area contributed by atoms with Crippen molar-refractivity contribution in [1.82, 2.24) is 14.8 Å². The van der Waals surface area contributed by atoms with Gasteiger partial charge in [-0.3, -0.25) is 4.98 Å². The van der Waals surface area contributed by atoms with Crippen molar-refractivity contribution in [3.05, 3.63) is 60.4 Å². The molecule has 1 aliphatic carbocycles. The predicted molar refractivity (Wildman–Crippen MR) is 109 cm³/mol. The van der Waals surface area contributed by atoms with Crippen molar-refractivity contribution in [3.63, 3.8) is 0 Å². The van der Waals surface area contributed by atoms with Crippen molar-refractivity contribution in [2.24, 2.45) is 0 Å². The van der Waals surface area contributed by atoms with Gasteiger partial charge >= 0.3 is 5.97 Å². The average molecular weight is 376 g/mol. The molecule has 1 fully saturated rings. The van der Waals surface area contributed by atoms with E-state index in [-0.39, 0.29) is 0 Å². The zero-order valence-electron chi connectivity index (χ0n) is 16.0. The van der Waals surface area contributed by atoms with Crippen molar-refractivity contribution in [2.45, 2.75) is 38.1 Å². The van der Waals surface area contributed by atoms with Gasteiger partial charge in [0, 0.05) is 17.8 Å². The Morgan fingerprint density at radius 2 is 1.93 bits per heavy atom. The number of aromatic nitrogens is 3. The first-order chi connectivity index (χ1) is 13.8. The van der Waals surface area contributed by atoms with E-state index in [2.05, 4.69) is 27.1 Å². The standard InChI is InChI=1S/C22H24N4O2/c1-28-22(27)18-12-13-23-15-20(18)24-21-14-19(16-8-4-2-5-9-16)25-26(21)17-10-6-3-7-11-17/h2,4-5,8-9,12-15,17,24H,3,6-7,10-11H2,1H3. The quantitative estimate of drug-likeness (QED) is 0.636. The minimum atomic E-state index is -0.392. The van der Waals surface area contributed by atoms with E-state index >= 15 is 0 Å². The molecule has 0 saturated heterocycles. The molecule has 28 heavy (non-hydrogen) atoms. The maximum atomic E-state index is 12.1. The Labute approximate surface area is 164 Å². The van der Waals surface area contributed by atoms with Crippen LogP contribution in [0.2, 0.25) is 0 Å². The van der Waals surface area contributed by atoms with Crippen LogP contribution >= 0.6 is 0 Å². The molecule has 0 aliphatic heterocycles. The minimum Gasteiger partial charge on any atom is -0.465 e. The summed E-state index contributed by atoms with van der Waals surface area (Å²) in [5.41, 5.74) is 3.05. The Hall–Kier alpha value is -3.15. The maximum absolute atomic E-state index is 12.1. The summed E-state index contributed by atoms with van der Waals surface area (Å²) in [6.45, 7) is 0. The first-order valence-corrected chi connectivity index (χ1v) is 9.70. The second-order valence-electron chi connectivity index (χ2n) is 7.06. The van der Waals surface area contributed by atoms with E-state index in [0.29, 0.717) is 17.3 Å². The Bertz CT molecular complexity index is 946. The maximum Gasteiger partial charge on any atom is 0.340 e. The summed E-state index contributed by atoms with van der Waals surface area (Å²) in [6.07, 6.45) is 9.16. The molecule has 0 amide bonds. The lowest BCUT2D eigenvalue weighted by Crippen LogP contribution is -2.16. The topological polar surface area (TPSA) is 69.0 Å².